The number of anilines is 2. The first-order valence-electron chi connectivity index (χ1n) is 10.9. The van der Waals surface area contributed by atoms with Crippen LogP contribution in [0.3, 0.4) is 0 Å². The van der Waals surface area contributed by atoms with Gasteiger partial charge in [-0.3, -0.25) is 5.01 Å². The fourth-order valence-corrected chi connectivity index (χ4v) is 4.37. The molecule has 0 aliphatic carbocycles. The van der Waals surface area contributed by atoms with Crippen LogP contribution in [0.5, 0.6) is 0 Å². The summed E-state index contributed by atoms with van der Waals surface area (Å²) in [5.74, 6) is -0.771. The first kappa shape index (κ1) is 20.6. The maximum atomic E-state index is 15.1. The zero-order valence-electron chi connectivity index (χ0n) is 17.6. The largest absolute Gasteiger partial charge is 0.443 e. The van der Waals surface area contributed by atoms with Gasteiger partial charge in [0.2, 0.25) is 0 Å². The van der Waals surface area contributed by atoms with Gasteiger partial charge >= 0.3 is 6.09 Å². The summed E-state index contributed by atoms with van der Waals surface area (Å²) in [5.41, 5.74) is 5.06. The van der Waals surface area contributed by atoms with E-state index >= 15 is 4.39 Å². The molecule has 3 aliphatic rings. The number of benzene rings is 2. The molecule has 1 atom stereocenters. The van der Waals surface area contributed by atoms with Gasteiger partial charge in [0.1, 0.15) is 17.7 Å². The van der Waals surface area contributed by atoms with E-state index in [0.717, 1.165) is 25.9 Å². The van der Waals surface area contributed by atoms with E-state index in [0.29, 0.717) is 35.6 Å². The molecule has 2 N–H and O–H groups in total. The summed E-state index contributed by atoms with van der Waals surface area (Å²) in [6, 6.07) is 9.77. The SMILES string of the molecule is O=C1NC[C@H](CN2NC=CN2c2ccc(-c3ccc(N4CCCCC4)c(F)c3)c(F)c2)O1. The molecule has 0 saturated carbocycles. The molecule has 32 heavy (non-hydrogen) atoms. The third-order valence-electron chi connectivity index (χ3n) is 6.00. The van der Waals surface area contributed by atoms with Gasteiger partial charge in [0, 0.05) is 31.1 Å². The maximum absolute atomic E-state index is 15.1. The molecule has 0 unspecified atom stereocenters. The molecule has 1 amide bonds. The van der Waals surface area contributed by atoms with Crippen LogP contribution in [-0.2, 0) is 4.74 Å². The number of carbonyl (C=O) groups is 1. The van der Waals surface area contributed by atoms with Gasteiger partial charge in [-0.2, -0.15) is 0 Å². The summed E-state index contributed by atoms with van der Waals surface area (Å²) in [4.78, 5) is 13.3. The zero-order chi connectivity index (χ0) is 22.1. The molecular weight excluding hydrogens is 416 g/mol. The molecule has 7 nitrogen and oxygen atoms in total. The van der Waals surface area contributed by atoms with Crippen LogP contribution in [0.15, 0.2) is 48.8 Å². The van der Waals surface area contributed by atoms with Crippen molar-refractivity contribution in [3.05, 3.63) is 60.4 Å². The Hall–Kier alpha value is -3.33. The summed E-state index contributed by atoms with van der Waals surface area (Å²) >= 11 is 0. The molecule has 2 saturated heterocycles. The van der Waals surface area contributed by atoms with Crippen molar-refractivity contribution in [2.75, 3.05) is 36.1 Å². The van der Waals surface area contributed by atoms with Gasteiger partial charge in [0.05, 0.1) is 24.5 Å². The van der Waals surface area contributed by atoms with Crippen LogP contribution < -0.4 is 20.7 Å². The number of cyclic esters (lactones) is 1. The lowest BCUT2D eigenvalue weighted by Gasteiger charge is -2.30. The average molecular weight is 441 g/mol. The van der Waals surface area contributed by atoms with E-state index in [1.165, 1.54) is 18.6 Å². The van der Waals surface area contributed by atoms with Gasteiger partial charge in [0.15, 0.2) is 0 Å². The number of carbonyl (C=O) groups excluding carboxylic acids is 1. The Kier molecular flexibility index (Phi) is 5.57. The predicted molar refractivity (Wildman–Crippen MR) is 118 cm³/mol. The average Bonchev–Trinajstić information content (AvgIpc) is 3.43. The van der Waals surface area contributed by atoms with Crippen LogP contribution in [0, 0.1) is 11.6 Å². The van der Waals surface area contributed by atoms with Crippen LogP contribution >= 0.6 is 0 Å². The lowest BCUT2D eigenvalue weighted by molar-refractivity contribution is 0.0989. The van der Waals surface area contributed by atoms with Crippen molar-refractivity contribution >= 4 is 17.5 Å². The summed E-state index contributed by atoms with van der Waals surface area (Å²) in [7, 11) is 0. The van der Waals surface area contributed by atoms with Crippen LogP contribution in [0.25, 0.3) is 11.1 Å². The van der Waals surface area contributed by atoms with E-state index in [-0.39, 0.29) is 11.9 Å². The second kappa shape index (κ2) is 8.66. The molecule has 0 spiro atoms. The van der Waals surface area contributed by atoms with Crippen LogP contribution in [0.2, 0.25) is 0 Å². The van der Waals surface area contributed by atoms with Crippen molar-refractivity contribution in [1.82, 2.24) is 15.9 Å². The Labute approximate surface area is 185 Å². The van der Waals surface area contributed by atoms with E-state index in [1.807, 2.05) is 0 Å². The number of amides is 1. The summed E-state index contributed by atoms with van der Waals surface area (Å²) in [6.07, 6.45) is 6.01. The topological polar surface area (TPSA) is 60.1 Å². The molecule has 3 aliphatic heterocycles. The normalized spacial score (nSPS) is 20.9. The van der Waals surface area contributed by atoms with Gasteiger partial charge in [-0.1, -0.05) is 6.07 Å². The van der Waals surface area contributed by atoms with Crippen molar-refractivity contribution in [2.24, 2.45) is 0 Å². The Bertz CT molecular complexity index is 1040. The Morgan fingerprint density at radius 1 is 1.03 bits per heavy atom. The lowest BCUT2D eigenvalue weighted by Crippen LogP contribution is -2.46. The highest BCUT2D eigenvalue weighted by atomic mass is 19.1. The highest BCUT2D eigenvalue weighted by molar-refractivity contribution is 5.70. The molecule has 0 radical (unpaired) electrons. The van der Waals surface area contributed by atoms with Crippen molar-refractivity contribution in [1.29, 1.82) is 0 Å². The quantitative estimate of drug-likeness (QED) is 0.737. The Morgan fingerprint density at radius 3 is 2.59 bits per heavy atom. The van der Waals surface area contributed by atoms with Crippen molar-refractivity contribution < 1.29 is 18.3 Å². The Balaban J connectivity index is 1.33. The summed E-state index contributed by atoms with van der Waals surface area (Å²) < 4.78 is 35.0. The monoisotopic (exact) mass is 441 g/mol. The molecule has 2 aromatic rings. The van der Waals surface area contributed by atoms with Crippen LogP contribution in [-0.4, -0.2) is 43.5 Å². The number of hydrogen-bond donors (Lipinski definition) is 2. The number of halogens is 2. The third kappa shape index (κ3) is 4.08. The number of alkyl carbamates (subject to hydrolysis) is 1. The maximum Gasteiger partial charge on any atom is 0.407 e. The molecule has 5 rings (SSSR count). The number of ether oxygens (including phenoxy) is 1. The van der Waals surface area contributed by atoms with Crippen LogP contribution in [0.1, 0.15) is 19.3 Å². The first-order valence-corrected chi connectivity index (χ1v) is 10.9. The molecule has 3 heterocycles. The molecule has 9 heteroatoms. The highest BCUT2D eigenvalue weighted by Crippen LogP contribution is 2.32. The van der Waals surface area contributed by atoms with Crippen LogP contribution in [0.4, 0.5) is 25.0 Å². The predicted octanol–water partition coefficient (Wildman–Crippen LogP) is 3.74. The first-order chi connectivity index (χ1) is 15.6. The molecule has 2 fully saturated rings. The second-order valence-corrected chi connectivity index (χ2v) is 8.16. The van der Waals surface area contributed by atoms with Gasteiger partial charge in [-0.25, -0.2) is 13.6 Å². The minimum Gasteiger partial charge on any atom is -0.443 e. The van der Waals surface area contributed by atoms with Crippen molar-refractivity contribution in [2.45, 2.75) is 25.4 Å². The number of piperidine rings is 1. The molecular formula is C23H25F2N5O2. The minimum atomic E-state index is -0.443. The standard InChI is InChI=1S/C23H25F2N5O2/c24-20-13-17(29-11-8-27-30(29)15-18-14-26-23(31)32-18)5-6-19(20)16-4-7-22(21(25)12-16)28-9-2-1-3-10-28/h4-8,11-13,18,27H,1-3,9-10,14-15H2,(H,26,31)/t18-/m1/s1. The summed E-state index contributed by atoms with van der Waals surface area (Å²) in [6.45, 7) is 2.50. The van der Waals surface area contributed by atoms with E-state index < -0.39 is 11.9 Å². The Morgan fingerprint density at radius 2 is 1.88 bits per heavy atom. The lowest BCUT2D eigenvalue weighted by atomic mass is 10.0. The van der Waals surface area contributed by atoms with E-state index in [9.17, 15) is 9.18 Å². The summed E-state index contributed by atoms with van der Waals surface area (Å²) in [5, 5.41) is 6.08. The number of nitrogens with one attached hydrogen (secondary N) is 2. The van der Waals surface area contributed by atoms with E-state index in [2.05, 4.69) is 15.6 Å². The smallest absolute Gasteiger partial charge is 0.407 e. The number of hydrazine groups is 2. The third-order valence-corrected chi connectivity index (χ3v) is 6.00. The number of hydrogen-bond acceptors (Lipinski definition) is 6. The van der Waals surface area contributed by atoms with Crippen molar-refractivity contribution in [3.63, 3.8) is 0 Å². The number of rotatable bonds is 5. The van der Waals surface area contributed by atoms with Gasteiger partial charge in [-0.15, -0.1) is 5.12 Å². The zero-order valence-corrected chi connectivity index (χ0v) is 17.6. The number of nitrogens with zero attached hydrogens (tertiary/aromatic N) is 3. The molecule has 168 valence electrons. The second-order valence-electron chi connectivity index (χ2n) is 8.16. The molecule has 0 aromatic heterocycles. The fraction of sp³-hybridized carbons (Fsp3) is 0.348. The molecule has 0 bridgehead atoms. The van der Waals surface area contributed by atoms with Gasteiger partial charge < -0.3 is 20.4 Å². The van der Waals surface area contributed by atoms with Gasteiger partial charge in [0.25, 0.3) is 0 Å². The highest BCUT2D eigenvalue weighted by Gasteiger charge is 2.29. The fourth-order valence-electron chi connectivity index (χ4n) is 4.37. The van der Waals surface area contributed by atoms with Gasteiger partial charge in [-0.05, 0) is 55.2 Å². The van der Waals surface area contributed by atoms with E-state index in [1.54, 1.807) is 46.8 Å². The van der Waals surface area contributed by atoms with E-state index in [4.69, 9.17) is 4.74 Å². The van der Waals surface area contributed by atoms with Crippen molar-refractivity contribution in [3.8, 4) is 11.1 Å². The minimum absolute atomic E-state index is 0.317. The molecule has 2 aromatic carbocycles.